The normalized spacial score (nSPS) is 14.9. The molecule has 1 heterocycles. The molecule has 0 unspecified atom stereocenters. The number of nitrogens with one attached hydrogen (secondary N) is 1. The van der Waals surface area contributed by atoms with Gasteiger partial charge in [0.2, 0.25) is 0 Å². The zero-order valence-electron chi connectivity index (χ0n) is 10.3. The zero-order chi connectivity index (χ0) is 13.0. The molecule has 0 atom stereocenters. The fourth-order valence-corrected chi connectivity index (χ4v) is 1.82. The van der Waals surface area contributed by atoms with Crippen LogP contribution in [0.4, 0.5) is 5.69 Å². The summed E-state index contributed by atoms with van der Waals surface area (Å²) in [6.45, 7) is 2.79. The minimum atomic E-state index is -0.287. The number of hydrogen-bond donors (Lipinski definition) is 1. The lowest BCUT2D eigenvalue weighted by atomic mass is 10.3. The number of unbranched alkanes of at least 4 members (excludes halogenated alkanes) is 1. The van der Waals surface area contributed by atoms with Gasteiger partial charge in [0.05, 0.1) is 5.69 Å². The van der Waals surface area contributed by atoms with Crippen molar-refractivity contribution < 1.29 is 9.59 Å². The molecule has 0 bridgehead atoms. The smallest absolute Gasteiger partial charge is 0.281 e. The lowest BCUT2D eigenvalue weighted by Gasteiger charge is -2.14. The Hall–Kier alpha value is -2.10. The third-order valence-corrected chi connectivity index (χ3v) is 2.78. The Morgan fingerprint density at radius 1 is 1.17 bits per heavy atom. The van der Waals surface area contributed by atoms with E-state index in [0.717, 1.165) is 12.8 Å². The number of carbonyl (C=O) groups excluding carboxylic acids is 2. The first-order valence-corrected chi connectivity index (χ1v) is 6.13. The molecular weight excluding hydrogens is 228 g/mol. The van der Waals surface area contributed by atoms with Crippen LogP contribution in [0, 0.1) is 0 Å². The molecule has 0 aromatic heterocycles. The SMILES string of the molecule is CCCCNC1=CC(=O)N(c2ccccc2)C1=O. The highest BCUT2D eigenvalue weighted by Crippen LogP contribution is 2.20. The van der Waals surface area contributed by atoms with Crippen molar-refractivity contribution in [3.63, 3.8) is 0 Å². The van der Waals surface area contributed by atoms with Crippen molar-refractivity contribution in [3.05, 3.63) is 42.1 Å². The molecule has 0 aliphatic carbocycles. The van der Waals surface area contributed by atoms with E-state index in [2.05, 4.69) is 12.2 Å². The maximum absolute atomic E-state index is 12.1. The van der Waals surface area contributed by atoms with Crippen LogP contribution in [-0.4, -0.2) is 18.4 Å². The third kappa shape index (κ3) is 2.42. The second-order valence-corrected chi connectivity index (χ2v) is 4.15. The van der Waals surface area contributed by atoms with Crippen LogP contribution >= 0.6 is 0 Å². The van der Waals surface area contributed by atoms with Crippen molar-refractivity contribution in [1.29, 1.82) is 0 Å². The minimum Gasteiger partial charge on any atom is -0.380 e. The number of para-hydroxylation sites is 1. The van der Waals surface area contributed by atoms with E-state index in [1.807, 2.05) is 6.07 Å². The van der Waals surface area contributed by atoms with Crippen LogP contribution in [0.15, 0.2) is 42.1 Å². The van der Waals surface area contributed by atoms with Crippen LogP contribution in [0.3, 0.4) is 0 Å². The maximum atomic E-state index is 12.1. The summed E-state index contributed by atoms with van der Waals surface area (Å²) in [6.07, 6.45) is 3.39. The van der Waals surface area contributed by atoms with E-state index in [0.29, 0.717) is 17.9 Å². The molecule has 1 N–H and O–H groups in total. The predicted molar refractivity (Wildman–Crippen MR) is 69.9 cm³/mol. The number of benzene rings is 1. The average Bonchev–Trinajstić information content (AvgIpc) is 2.66. The van der Waals surface area contributed by atoms with Crippen molar-refractivity contribution in [2.75, 3.05) is 11.4 Å². The van der Waals surface area contributed by atoms with E-state index >= 15 is 0 Å². The summed E-state index contributed by atoms with van der Waals surface area (Å²) >= 11 is 0. The van der Waals surface area contributed by atoms with E-state index in [4.69, 9.17) is 0 Å². The molecule has 0 fully saturated rings. The molecule has 0 spiro atoms. The number of hydrogen-bond acceptors (Lipinski definition) is 3. The van der Waals surface area contributed by atoms with Crippen molar-refractivity contribution in [3.8, 4) is 0 Å². The van der Waals surface area contributed by atoms with E-state index in [1.165, 1.54) is 11.0 Å². The molecule has 0 saturated heterocycles. The van der Waals surface area contributed by atoms with Gasteiger partial charge in [-0.25, -0.2) is 4.90 Å². The number of carbonyl (C=O) groups is 2. The first-order chi connectivity index (χ1) is 8.74. The topological polar surface area (TPSA) is 49.4 Å². The molecule has 2 amide bonds. The number of amides is 2. The number of rotatable bonds is 5. The van der Waals surface area contributed by atoms with Gasteiger partial charge in [0.15, 0.2) is 0 Å². The molecule has 0 radical (unpaired) electrons. The highest BCUT2D eigenvalue weighted by molar-refractivity contribution is 6.30. The molecule has 2 rings (SSSR count). The Labute approximate surface area is 106 Å². The molecule has 1 aromatic carbocycles. The van der Waals surface area contributed by atoms with Crippen LogP contribution in [0.5, 0.6) is 0 Å². The van der Waals surface area contributed by atoms with Gasteiger partial charge in [-0.3, -0.25) is 9.59 Å². The fourth-order valence-electron chi connectivity index (χ4n) is 1.82. The van der Waals surface area contributed by atoms with E-state index < -0.39 is 0 Å². The van der Waals surface area contributed by atoms with Crippen molar-refractivity contribution in [2.24, 2.45) is 0 Å². The Bertz CT molecular complexity index is 480. The highest BCUT2D eigenvalue weighted by atomic mass is 16.2. The molecule has 1 aromatic rings. The molecule has 1 aliphatic heterocycles. The summed E-state index contributed by atoms with van der Waals surface area (Å²) < 4.78 is 0. The lowest BCUT2D eigenvalue weighted by molar-refractivity contribution is -0.120. The lowest BCUT2D eigenvalue weighted by Crippen LogP contribution is -2.33. The van der Waals surface area contributed by atoms with E-state index in [1.54, 1.807) is 24.3 Å². The molecule has 4 nitrogen and oxygen atoms in total. The Morgan fingerprint density at radius 2 is 1.89 bits per heavy atom. The second kappa shape index (κ2) is 5.49. The van der Waals surface area contributed by atoms with Gasteiger partial charge in [0.25, 0.3) is 11.8 Å². The Kier molecular flexibility index (Phi) is 3.77. The zero-order valence-corrected chi connectivity index (χ0v) is 10.3. The maximum Gasteiger partial charge on any atom is 0.281 e. The van der Waals surface area contributed by atoms with Crippen molar-refractivity contribution >= 4 is 17.5 Å². The van der Waals surface area contributed by atoms with Crippen LogP contribution in [0.1, 0.15) is 19.8 Å². The van der Waals surface area contributed by atoms with Crippen LogP contribution in [0.2, 0.25) is 0 Å². The average molecular weight is 244 g/mol. The molecular formula is C14H16N2O2. The number of anilines is 1. The summed E-state index contributed by atoms with van der Waals surface area (Å²) in [5.41, 5.74) is 0.994. The van der Waals surface area contributed by atoms with Gasteiger partial charge in [-0.2, -0.15) is 0 Å². The van der Waals surface area contributed by atoms with Gasteiger partial charge in [-0.15, -0.1) is 0 Å². The first kappa shape index (κ1) is 12.4. The molecule has 4 heteroatoms. The van der Waals surface area contributed by atoms with E-state index in [-0.39, 0.29) is 11.8 Å². The van der Waals surface area contributed by atoms with Gasteiger partial charge in [-0.05, 0) is 18.6 Å². The van der Waals surface area contributed by atoms with Gasteiger partial charge in [0.1, 0.15) is 5.70 Å². The fraction of sp³-hybridized carbons (Fsp3) is 0.286. The van der Waals surface area contributed by atoms with Crippen molar-refractivity contribution in [1.82, 2.24) is 5.32 Å². The summed E-state index contributed by atoms with van der Waals surface area (Å²) in [5.74, 6) is -0.562. The van der Waals surface area contributed by atoms with Crippen LogP contribution < -0.4 is 10.2 Å². The van der Waals surface area contributed by atoms with Gasteiger partial charge < -0.3 is 5.32 Å². The predicted octanol–water partition coefficient (Wildman–Crippen LogP) is 1.83. The van der Waals surface area contributed by atoms with E-state index in [9.17, 15) is 9.59 Å². The third-order valence-electron chi connectivity index (χ3n) is 2.78. The first-order valence-electron chi connectivity index (χ1n) is 6.13. The quantitative estimate of drug-likeness (QED) is 0.635. The van der Waals surface area contributed by atoms with Gasteiger partial charge in [0, 0.05) is 12.6 Å². The second-order valence-electron chi connectivity index (χ2n) is 4.15. The molecule has 94 valence electrons. The summed E-state index contributed by atoms with van der Waals surface area (Å²) in [4.78, 5) is 25.1. The largest absolute Gasteiger partial charge is 0.380 e. The molecule has 1 aliphatic rings. The Morgan fingerprint density at radius 3 is 2.56 bits per heavy atom. The number of imide groups is 1. The summed E-state index contributed by atoms with van der Waals surface area (Å²) in [6, 6.07) is 8.95. The molecule has 0 saturated carbocycles. The Balaban J connectivity index is 2.10. The van der Waals surface area contributed by atoms with Gasteiger partial charge in [-0.1, -0.05) is 31.5 Å². The summed E-state index contributed by atoms with van der Waals surface area (Å²) in [7, 11) is 0. The van der Waals surface area contributed by atoms with Gasteiger partial charge >= 0.3 is 0 Å². The van der Waals surface area contributed by atoms with Crippen molar-refractivity contribution in [2.45, 2.75) is 19.8 Å². The summed E-state index contributed by atoms with van der Waals surface area (Å²) in [5, 5.41) is 3.01. The highest BCUT2D eigenvalue weighted by Gasteiger charge is 2.31. The standard InChI is InChI=1S/C14H16N2O2/c1-2-3-9-15-12-10-13(17)16(14(12)18)11-7-5-4-6-8-11/h4-8,10,15H,2-3,9H2,1H3. The monoisotopic (exact) mass is 244 g/mol. The van der Waals surface area contributed by atoms with Crippen LogP contribution in [-0.2, 0) is 9.59 Å². The van der Waals surface area contributed by atoms with Crippen LogP contribution in [0.25, 0.3) is 0 Å². The minimum absolute atomic E-state index is 0.276. The molecule has 18 heavy (non-hydrogen) atoms. The number of nitrogens with zero attached hydrogens (tertiary/aromatic N) is 1.